The lowest BCUT2D eigenvalue weighted by Gasteiger charge is -2.23. The van der Waals surface area contributed by atoms with Gasteiger partial charge in [0.2, 0.25) is 0 Å². The monoisotopic (exact) mass is 328 g/mol. The molecule has 1 atom stereocenters. The summed E-state index contributed by atoms with van der Waals surface area (Å²) in [5, 5.41) is 4.11. The van der Waals surface area contributed by atoms with Gasteiger partial charge in [-0.05, 0) is 17.2 Å². The molecule has 0 bridgehead atoms. The lowest BCUT2D eigenvalue weighted by molar-refractivity contribution is 0.203. The largest absolute Gasteiger partial charge is 0.493 e. The molecule has 0 aromatic heterocycles. The van der Waals surface area contributed by atoms with Crippen LogP contribution in [0.25, 0.3) is 0 Å². The number of hydrogen-bond donors (Lipinski definition) is 1. The van der Waals surface area contributed by atoms with Crippen LogP contribution in [0.2, 0.25) is 0 Å². The fraction of sp³-hybridized carbons (Fsp3) is 0.278. The number of hydrogen-bond acceptors (Lipinski definition) is 4. The summed E-state index contributed by atoms with van der Waals surface area (Å²) in [4.78, 5) is 0. The van der Waals surface area contributed by atoms with Crippen LogP contribution < -0.4 is 14.9 Å². The van der Waals surface area contributed by atoms with Crippen molar-refractivity contribution in [2.45, 2.75) is 24.4 Å². The van der Waals surface area contributed by atoms with Crippen molar-refractivity contribution in [3.63, 3.8) is 0 Å². The van der Waals surface area contributed by atoms with Gasteiger partial charge in [-0.15, -0.1) is 0 Å². The summed E-state index contributed by atoms with van der Waals surface area (Å²) < 4.78 is 11.8. The standard InChI is InChI=1S/C18H17ClN2O2/c1-22-16-7-6-14-15(10-20-21-18(14)19)17(16)23-13-8-11-4-2-3-5-12(11)9-13/h2-7,10,13,18,21H,8-9H2,1H3. The number of ether oxygens (including phenoxy) is 2. The third-order valence-electron chi connectivity index (χ3n) is 4.37. The van der Waals surface area contributed by atoms with E-state index in [0.717, 1.165) is 29.7 Å². The molecule has 1 unspecified atom stereocenters. The first-order valence-electron chi connectivity index (χ1n) is 7.63. The topological polar surface area (TPSA) is 42.9 Å². The normalized spacial score (nSPS) is 19.0. The first-order chi connectivity index (χ1) is 11.3. The van der Waals surface area contributed by atoms with E-state index in [2.05, 4.69) is 34.8 Å². The summed E-state index contributed by atoms with van der Waals surface area (Å²) in [5.74, 6) is 1.43. The van der Waals surface area contributed by atoms with Crippen molar-refractivity contribution in [2.24, 2.45) is 5.10 Å². The van der Waals surface area contributed by atoms with Crippen molar-refractivity contribution < 1.29 is 9.47 Å². The average molecular weight is 329 g/mol. The van der Waals surface area contributed by atoms with Crippen molar-refractivity contribution in [2.75, 3.05) is 7.11 Å². The minimum absolute atomic E-state index is 0.102. The summed E-state index contributed by atoms with van der Waals surface area (Å²) in [5.41, 5.74) is 7.04. The Balaban J connectivity index is 1.67. The molecular weight excluding hydrogens is 312 g/mol. The number of nitrogens with zero attached hydrogens (tertiary/aromatic N) is 1. The molecule has 2 aliphatic rings. The molecule has 118 valence electrons. The van der Waals surface area contributed by atoms with Crippen LogP contribution in [0.15, 0.2) is 41.5 Å². The Labute approximate surface area is 140 Å². The van der Waals surface area contributed by atoms with Gasteiger partial charge in [0.15, 0.2) is 11.5 Å². The summed E-state index contributed by atoms with van der Waals surface area (Å²) in [6, 6.07) is 12.3. The van der Waals surface area contributed by atoms with E-state index in [1.807, 2.05) is 12.1 Å². The van der Waals surface area contributed by atoms with Gasteiger partial charge in [-0.1, -0.05) is 41.9 Å². The average Bonchev–Trinajstić information content (AvgIpc) is 2.98. The van der Waals surface area contributed by atoms with Gasteiger partial charge in [0.05, 0.1) is 13.3 Å². The maximum atomic E-state index is 6.32. The number of halogens is 1. The highest BCUT2D eigenvalue weighted by Crippen LogP contribution is 2.39. The molecule has 5 heteroatoms. The Morgan fingerprint density at radius 3 is 2.57 bits per heavy atom. The lowest BCUT2D eigenvalue weighted by Crippen LogP contribution is -2.21. The molecule has 0 amide bonds. The molecule has 0 saturated carbocycles. The second-order valence-electron chi connectivity index (χ2n) is 5.77. The zero-order chi connectivity index (χ0) is 15.8. The van der Waals surface area contributed by atoms with Gasteiger partial charge < -0.3 is 9.47 Å². The molecule has 0 radical (unpaired) electrons. The van der Waals surface area contributed by atoms with E-state index in [0.29, 0.717) is 5.75 Å². The van der Waals surface area contributed by atoms with Crippen LogP contribution in [-0.4, -0.2) is 19.4 Å². The Bertz CT molecular complexity index is 751. The molecule has 0 saturated heterocycles. The molecule has 1 heterocycles. The van der Waals surface area contributed by atoms with Crippen LogP contribution in [0.3, 0.4) is 0 Å². The third kappa shape index (κ3) is 2.53. The Morgan fingerprint density at radius 2 is 1.87 bits per heavy atom. The van der Waals surface area contributed by atoms with Crippen LogP contribution in [0.1, 0.15) is 27.8 Å². The van der Waals surface area contributed by atoms with Crippen molar-refractivity contribution in [3.05, 3.63) is 58.7 Å². The molecule has 0 spiro atoms. The maximum Gasteiger partial charge on any atom is 0.170 e. The lowest BCUT2D eigenvalue weighted by atomic mass is 10.0. The van der Waals surface area contributed by atoms with Crippen LogP contribution >= 0.6 is 11.6 Å². The fourth-order valence-corrected chi connectivity index (χ4v) is 3.48. The Hall–Kier alpha value is -2.20. The number of benzene rings is 2. The predicted molar refractivity (Wildman–Crippen MR) is 90.6 cm³/mol. The number of hydrazone groups is 1. The molecule has 2 aromatic rings. The smallest absolute Gasteiger partial charge is 0.170 e. The van der Waals surface area contributed by atoms with E-state index >= 15 is 0 Å². The van der Waals surface area contributed by atoms with Crippen LogP contribution in [-0.2, 0) is 12.8 Å². The van der Waals surface area contributed by atoms with Crippen molar-refractivity contribution in [1.29, 1.82) is 0 Å². The highest BCUT2D eigenvalue weighted by Gasteiger charge is 2.27. The molecule has 1 N–H and O–H groups in total. The van der Waals surface area contributed by atoms with Crippen molar-refractivity contribution in [1.82, 2.24) is 5.43 Å². The Kier molecular flexibility index (Phi) is 3.62. The minimum atomic E-state index is -0.357. The van der Waals surface area contributed by atoms with E-state index in [-0.39, 0.29) is 11.6 Å². The van der Waals surface area contributed by atoms with E-state index in [4.69, 9.17) is 21.1 Å². The van der Waals surface area contributed by atoms with Crippen LogP contribution in [0.4, 0.5) is 0 Å². The van der Waals surface area contributed by atoms with Gasteiger partial charge in [-0.3, -0.25) is 5.43 Å². The van der Waals surface area contributed by atoms with Crippen molar-refractivity contribution in [3.8, 4) is 11.5 Å². The summed E-state index contributed by atoms with van der Waals surface area (Å²) in [7, 11) is 1.65. The number of methoxy groups -OCH3 is 1. The first kappa shape index (κ1) is 14.4. The second kappa shape index (κ2) is 5.78. The molecule has 4 nitrogen and oxygen atoms in total. The van der Waals surface area contributed by atoms with Crippen molar-refractivity contribution >= 4 is 17.8 Å². The molecule has 1 aliphatic carbocycles. The molecule has 4 rings (SSSR count). The molecule has 1 aliphatic heterocycles. The predicted octanol–water partition coefficient (Wildman–Crippen LogP) is 3.42. The highest BCUT2D eigenvalue weighted by atomic mass is 35.5. The Morgan fingerprint density at radius 1 is 1.13 bits per heavy atom. The molecule has 0 fully saturated rings. The zero-order valence-corrected chi connectivity index (χ0v) is 13.5. The van der Waals surface area contributed by atoms with E-state index in [1.54, 1.807) is 13.3 Å². The van der Waals surface area contributed by atoms with Gasteiger partial charge >= 0.3 is 0 Å². The quantitative estimate of drug-likeness (QED) is 0.693. The molecular formula is C18H17ClN2O2. The van der Waals surface area contributed by atoms with E-state index < -0.39 is 0 Å². The van der Waals surface area contributed by atoms with Crippen LogP contribution in [0, 0.1) is 0 Å². The molecule has 23 heavy (non-hydrogen) atoms. The third-order valence-corrected chi connectivity index (χ3v) is 4.70. The van der Waals surface area contributed by atoms with E-state index in [9.17, 15) is 0 Å². The number of rotatable bonds is 3. The fourth-order valence-electron chi connectivity index (χ4n) is 3.24. The first-order valence-corrected chi connectivity index (χ1v) is 8.07. The van der Waals surface area contributed by atoms with Gasteiger partial charge in [-0.2, -0.15) is 5.10 Å². The summed E-state index contributed by atoms with van der Waals surface area (Å²) in [6.45, 7) is 0. The minimum Gasteiger partial charge on any atom is -0.493 e. The van der Waals surface area contributed by atoms with Gasteiger partial charge in [0, 0.05) is 24.0 Å². The second-order valence-corrected chi connectivity index (χ2v) is 6.20. The van der Waals surface area contributed by atoms with E-state index in [1.165, 1.54) is 11.1 Å². The maximum absolute atomic E-state index is 6.32. The number of nitrogens with one attached hydrogen (secondary N) is 1. The zero-order valence-electron chi connectivity index (χ0n) is 12.8. The van der Waals surface area contributed by atoms with Crippen LogP contribution in [0.5, 0.6) is 11.5 Å². The van der Waals surface area contributed by atoms with Gasteiger partial charge in [0.1, 0.15) is 11.6 Å². The SMILES string of the molecule is COc1ccc2c(c1OC1Cc3ccccc3C1)C=NNC2Cl. The highest BCUT2D eigenvalue weighted by molar-refractivity contribution is 6.21. The summed E-state index contributed by atoms with van der Waals surface area (Å²) in [6.07, 6.45) is 3.66. The summed E-state index contributed by atoms with van der Waals surface area (Å²) >= 11 is 6.28. The number of alkyl halides is 1. The van der Waals surface area contributed by atoms with Gasteiger partial charge in [0.25, 0.3) is 0 Å². The number of fused-ring (bicyclic) bond motifs is 2. The van der Waals surface area contributed by atoms with Gasteiger partial charge in [-0.25, -0.2) is 0 Å². The molecule has 2 aromatic carbocycles.